The number of fused-ring (bicyclic) bond motifs is 1. The van der Waals surface area contributed by atoms with Gasteiger partial charge in [-0.2, -0.15) is 0 Å². The van der Waals surface area contributed by atoms with E-state index in [9.17, 15) is 14.7 Å². The van der Waals surface area contributed by atoms with Crippen molar-refractivity contribution in [3.8, 4) is 0 Å². The molecule has 1 atom stereocenters. The molecule has 2 N–H and O–H groups in total. The van der Waals surface area contributed by atoms with Crippen LogP contribution in [0.25, 0.3) is 0 Å². The molecule has 1 aliphatic carbocycles. The van der Waals surface area contributed by atoms with Gasteiger partial charge in [-0.15, -0.1) is 0 Å². The first-order valence-corrected chi connectivity index (χ1v) is 17.3. The van der Waals surface area contributed by atoms with Crippen LogP contribution in [0.3, 0.4) is 0 Å². The van der Waals surface area contributed by atoms with Crippen molar-refractivity contribution in [3.05, 3.63) is 58.8 Å². The molecule has 2 saturated heterocycles. The molecule has 2 fully saturated rings. The smallest absolute Gasteiger partial charge is 0.408 e. The molecule has 3 aliphatic rings. The predicted molar refractivity (Wildman–Crippen MR) is 183 cm³/mol. The minimum atomic E-state index is -0.774. The summed E-state index contributed by atoms with van der Waals surface area (Å²) >= 11 is 8.10. The summed E-state index contributed by atoms with van der Waals surface area (Å²) in [4.78, 5) is 49.3. The average Bonchev–Trinajstić information content (AvgIpc) is 3.28. The number of halogens is 1. The number of nitrogens with zero attached hydrogens (tertiary/aromatic N) is 6. The Kier molecular flexibility index (Phi) is 9.24. The summed E-state index contributed by atoms with van der Waals surface area (Å²) in [5.74, 6) is 0.643. The molecule has 3 aromatic rings. The van der Waals surface area contributed by atoms with E-state index in [1.807, 2.05) is 51.7 Å². The summed E-state index contributed by atoms with van der Waals surface area (Å²) in [6.45, 7) is 11.7. The van der Waals surface area contributed by atoms with Crippen LogP contribution in [0.2, 0.25) is 5.02 Å². The van der Waals surface area contributed by atoms with Crippen molar-refractivity contribution >= 4 is 47.1 Å². The number of esters is 1. The van der Waals surface area contributed by atoms with Crippen LogP contribution >= 0.6 is 23.4 Å². The number of carbonyl (C=O) groups is 2. The Hall–Kier alpha value is -3.68. The first-order chi connectivity index (χ1) is 22.7. The zero-order chi connectivity index (χ0) is 34.4. The molecule has 48 heavy (non-hydrogen) atoms. The summed E-state index contributed by atoms with van der Waals surface area (Å²) in [5.41, 5.74) is 0.455. The largest absolute Gasteiger partial charge is 0.464 e. The second kappa shape index (κ2) is 13.0. The molecule has 0 unspecified atom stereocenters. The number of hydrogen-bond acceptors (Lipinski definition) is 12. The van der Waals surface area contributed by atoms with Gasteiger partial charge in [-0.05, 0) is 71.6 Å². The molecule has 1 amide bonds. The summed E-state index contributed by atoms with van der Waals surface area (Å²) in [6, 6.07) is 5.47. The molecule has 0 bridgehead atoms. The monoisotopic (exact) mass is 695 g/mol. The number of nitrogens with one attached hydrogen (secondary N) is 1. The maximum atomic E-state index is 13.0. The molecule has 14 heteroatoms. The SMILES string of the molecule is COC(=O)c1nc(Sc2ccnc(N3CC(C(C)(C)O)C3)c2Cl)cnc1N1CCC2(CC1)Cc1ncccc1[C@H]2NC(=O)OC(C)(C)C. The summed E-state index contributed by atoms with van der Waals surface area (Å²) in [7, 11) is 1.33. The lowest BCUT2D eigenvalue weighted by atomic mass is 9.73. The van der Waals surface area contributed by atoms with Crippen molar-refractivity contribution in [2.24, 2.45) is 11.3 Å². The van der Waals surface area contributed by atoms with E-state index in [-0.39, 0.29) is 23.1 Å². The molecule has 12 nitrogen and oxygen atoms in total. The topological polar surface area (TPSA) is 143 Å². The molecule has 0 aromatic carbocycles. The van der Waals surface area contributed by atoms with Gasteiger partial charge in [0.15, 0.2) is 11.5 Å². The van der Waals surface area contributed by atoms with Gasteiger partial charge in [0.1, 0.15) is 16.4 Å². The number of amides is 1. The van der Waals surface area contributed by atoms with Crippen molar-refractivity contribution < 1.29 is 24.2 Å². The van der Waals surface area contributed by atoms with Crippen LogP contribution in [-0.2, 0) is 15.9 Å². The number of alkyl carbamates (subject to hydrolysis) is 1. The van der Waals surface area contributed by atoms with Crippen molar-refractivity contribution in [2.45, 2.75) is 81.0 Å². The fourth-order valence-electron chi connectivity index (χ4n) is 6.72. The minimum absolute atomic E-state index is 0.124. The van der Waals surface area contributed by atoms with E-state index in [0.717, 1.165) is 35.4 Å². The van der Waals surface area contributed by atoms with Crippen molar-refractivity contribution in [3.63, 3.8) is 0 Å². The zero-order valence-electron chi connectivity index (χ0n) is 28.1. The van der Waals surface area contributed by atoms with Crippen LogP contribution in [0.5, 0.6) is 0 Å². The normalized spacial score (nSPS) is 19.1. The number of pyridine rings is 2. The van der Waals surface area contributed by atoms with Crippen LogP contribution in [0.4, 0.5) is 16.4 Å². The number of rotatable bonds is 7. The molecule has 0 radical (unpaired) electrons. The van der Waals surface area contributed by atoms with Gasteiger partial charge in [-0.25, -0.2) is 24.5 Å². The van der Waals surface area contributed by atoms with E-state index in [4.69, 9.17) is 31.0 Å². The molecule has 256 valence electrons. The number of hydrogen-bond donors (Lipinski definition) is 2. The van der Waals surface area contributed by atoms with Gasteiger partial charge in [0.05, 0.1) is 30.0 Å². The Morgan fingerprint density at radius 2 is 1.77 bits per heavy atom. The highest BCUT2D eigenvalue weighted by molar-refractivity contribution is 7.99. The third kappa shape index (κ3) is 6.90. The van der Waals surface area contributed by atoms with E-state index in [1.54, 1.807) is 24.7 Å². The van der Waals surface area contributed by atoms with Crippen LogP contribution in [0, 0.1) is 11.3 Å². The standard InChI is InChI=1S/C34H42ClN7O5S/c1-32(2,3)47-31(44)40-27-21-8-7-12-36-22(21)16-34(27)10-14-41(15-11-34)29-26(30(43)46-6)39-24(17-38-29)48-23-9-13-37-28(25(23)35)42-18-20(19-42)33(4,5)45/h7-9,12-13,17,20,27,45H,10-11,14-16,18-19H2,1-6H3,(H,40,44)/t27-/m1/s1. The van der Waals surface area contributed by atoms with Gasteiger partial charge in [0.25, 0.3) is 0 Å². The quantitative estimate of drug-likeness (QED) is 0.303. The number of ether oxygens (including phenoxy) is 2. The second-order valence-electron chi connectivity index (χ2n) is 14.3. The molecule has 3 aromatic heterocycles. The number of aromatic nitrogens is 4. The van der Waals surface area contributed by atoms with Gasteiger partial charge in [0.2, 0.25) is 0 Å². The summed E-state index contributed by atoms with van der Waals surface area (Å²) in [5, 5.41) is 14.5. The number of methoxy groups -OCH3 is 1. The molecule has 5 heterocycles. The number of piperidine rings is 1. The van der Waals surface area contributed by atoms with Crippen molar-refractivity contribution in [1.29, 1.82) is 0 Å². The van der Waals surface area contributed by atoms with Gasteiger partial charge < -0.3 is 29.7 Å². The first-order valence-electron chi connectivity index (χ1n) is 16.1. The number of aliphatic hydroxyl groups is 1. The molecular formula is C34H42ClN7O5S. The van der Waals surface area contributed by atoms with E-state index in [2.05, 4.69) is 20.2 Å². The fraction of sp³-hybridized carbons (Fsp3) is 0.529. The van der Waals surface area contributed by atoms with E-state index in [0.29, 0.717) is 47.9 Å². The average molecular weight is 696 g/mol. The van der Waals surface area contributed by atoms with E-state index in [1.165, 1.54) is 18.9 Å². The van der Waals surface area contributed by atoms with Gasteiger partial charge >= 0.3 is 12.1 Å². The first kappa shape index (κ1) is 34.2. The molecular weight excluding hydrogens is 654 g/mol. The predicted octanol–water partition coefficient (Wildman–Crippen LogP) is 5.47. The molecule has 1 spiro atoms. The third-order valence-electron chi connectivity index (χ3n) is 9.43. The van der Waals surface area contributed by atoms with Gasteiger partial charge in [-0.1, -0.05) is 29.4 Å². The Morgan fingerprint density at radius 3 is 2.44 bits per heavy atom. The lowest BCUT2D eigenvalue weighted by molar-refractivity contribution is 0.00436. The minimum Gasteiger partial charge on any atom is -0.464 e. The Morgan fingerprint density at radius 1 is 1.04 bits per heavy atom. The van der Waals surface area contributed by atoms with Crippen LogP contribution in [-0.4, -0.2) is 81.6 Å². The van der Waals surface area contributed by atoms with Gasteiger partial charge in [-0.3, -0.25) is 4.98 Å². The van der Waals surface area contributed by atoms with Crippen molar-refractivity contribution in [2.75, 3.05) is 43.1 Å². The summed E-state index contributed by atoms with van der Waals surface area (Å²) < 4.78 is 10.8. The highest BCUT2D eigenvalue weighted by atomic mass is 35.5. The van der Waals surface area contributed by atoms with E-state index < -0.39 is 23.3 Å². The van der Waals surface area contributed by atoms with Crippen LogP contribution in [0.1, 0.15) is 75.2 Å². The van der Waals surface area contributed by atoms with Crippen molar-refractivity contribution in [1.82, 2.24) is 25.3 Å². The second-order valence-corrected chi connectivity index (χ2v) is 15.8. The van der Waals surface area contributed by atoms with E-state index >= 15 is 0 Å². The highest BCUT2D eigenvalue weighted by Crippen LogP contribution is 2.52. The molecule has 2 aliphatic heterocycles. The lowest BCUT2D eigenvalue weighted by Gasteiger charge is -2.46. The number of anilines is 2. The molecule has 6 rings (SSSR count). The maximum absolute atomic E-state index is 13.0. The number of carbonyl (C=O) groups excluding carboxylic acids is 2. The maximum Gasteiger partial charge on any atom is 0.408 e. The zero-order valence-corrected chi connectivity index (χ0v) is 29.7. The summed E-state index contributed by atoms with van der Waals surface area (Å²) in [6.07, 6.45) is 6.84. The Bertz CT molecular complexity index is 1700. The Balaban J connectivity index is 1.19. The lowest BCUT2D eigenvalue weighted by Crippen LogP contribution is -2.56. The Labute approximate surface area is 290 Å². The van der Waals surface area contributed by atoms with Gasteiger partial charge in [0, 0.05) is 60.5 Å². The molecule has 0 saturated carbocycles. The van der Waals surface area contributed by atoms with Crippen LogP contribution in [0.15, 0.2) is 46.7 Å². The van der Waals surface area contributed by atoms with Crippen LogP contribution < -0.4 is 15.1 Å². The third-order valence-corrected chi connectivity index (χ3v) is 10.9. The fourth-order valence-corrected chi connectivity index (χ4v) is 7.84. The highest BCUT2D eigenvalue weighted by Gasteiger charge is 2.50.